The highest BCUT2D eigenvalue weighted by Crippen LogP contribution is 2.26. The first-order valence-electron chi connectivity index (χ1n) is 12.7. The topological polar surface area (TPSA) is 112 Å². The summed E-state index contributed by atoms with van der Waals surface area (Å²) in [5.41, 5.74) is 7.23. The Bertz CT molecular complexity index is 1660. The van der Waals surface area contributed by atoms with Gasteiger partial charge in [0, 0.05) is 33.4 Å². The van der Waals surface area contributed by atoms with Gasteiger partial charge in [0.1, 0.15) is 0 Å². The maximum atomic E-state index is 11.2. The zero-order valence-corrected chi connectivity index (χ0v) is 23.0. The average molecular weight is 553 g/mol. The number of carboxylic acid groups (broad SMARTS) is 3. The van der Waals surface area contributed by atoms with Crippen molar-refractivity contribution in [1.29, 1.82) is 0 Å². The fourth-order valence-corrected chi connectivity index (χ4v) is 4.27. The second-order valence-corrected chi connectivity index (χ2v) is 9.40. The number of hydrogen-bond acceptors (Lipinski definition) is 3. The summed E-state index contributed by atoms with van der Waals surface area (Å²) < 4.78 is 0. The number of carbonyl (C=O) groups is 3. The standard InChI is InChI=1S/C36H24O6/c1-22-31(19-10-25-4-13-28(14-5-25)34(37)38)23(2)33(21-12-27-8-17-30(18-9-27)36(41)42)24(3)32(22)20-11-26-6-15-29(16-7-26)35(39)40/h4-9,13-18H,1-3H3,(H,37,38)(H,39,40)(H,41,42). The van der Waals surface area contributed by atoms with Crippen LogP contribution in [0, 0.1) is 56.3 Å². The summed E-state index contributed by atoms with van der Waals surface area (Å²) in [6.45, 7) is 5.78. The minimum Gasteiger partial charge on any atom is -0.478 e. The van der Waals surface area contributed by atoms with Crippen LogP contribution in [0.2, 0.25) is 0 Å². The van der Waals surface area contributed by atoms with E-state index in [0.717, 1.165) is 33.4 Å². The molecule has 42 heavy (non-hydrogen) atoms. The summed E-state index contributed by atoms with van der Waals surface area (Å²) in [6.07, 6.45) is 0. The molecular weight excluding hydrogens is 528 g/mol. The molecule has 204 valence electrons. The molecule has 3 N–H and O–H groups in total. The molecule has 0 atom stereocenters. The van der Waals surface area contributed by atoms with Crippen LogP contribution < -0.4 is 0 Å². The minimum absolute atomic E-state index is 0.172. The van der Waals surface area contributed by atoms with Crippen molar-refractivity contribution in [3.05, 3.63) is 140 Å². The molecule has 0 saturated heterocycles. The van der Waals surface area contributed by atoms with Gasteiger partial charge in [0.25, 0.3) is 0 Å². The van der Waals surface area contributed by atoms with Crippen molar-refractivity contribution in [3.8, 4) is 35.5 Å². The molecule has 4 aromatic rings. The van der Waals surface area contributed by atoms with Gasteiger partial charge in [-0.3, -0.25) is 0 Å². The monoisotopic (exact) mass is 552 g/mol. The smallest absolute Gasteiger partial charge is 0.335 e. The molecule has 6 nitrogen and oxygen atoms in total. The summed E-state index contributed by atoms with van der Waals surface area (Å²) in [5, 5.41) is 27.5. The summed E-state index contributed by atoms with van der Waals surface area (Å²) in [5.74, 6) is 16.0. The molecule has 0 fully saturated rings. The highest BCUT2D eigenvalue weighted by molar-refractivity contribution is 5.88. The molecule has 0 radical (unpaired) electrons. The molecule has 0 amide bonds. The average Bonchev–Trinajstić information content (AvgIpc) is 2.97. The van der Waals surface area contributed by atoms with E-state index in [2.05, 4.69) is 35.5 Å². The molecule has 0 aromatic heterocycles. The SMILES string of the molecule is Cc1c(C#Cc2ccc(C(=O)O)cc2)c(C)c(C#Cc2ccc(C(=O)O)cc2)c(C)c1C#Cc1ccc(C(=O)O)cc1. The largest absolute Gasteiger partial charge is 0.478 e. The molecule has 0 heterocycles. The predicted molar refractivity (Wildman–Crippen MR) is 159 cm³/mol. The fraction of sp³-hybridized carbons (Fsp3) is 0.0833. The van der Waals surface area contributed by atoms with Gasteiger partial charge in [-0.25, -0.2) is 14.4 Å². The van der Waals surface area contributed by atoms with Crippen molar-refractivity contribution in [1.82, 2.24) is 0 Å². The Morgan fingerprint density at radius 2 is 0.619 bits per heavy atom. The van der Waals surface area contributed by atoms with E-state index in [4.69, 9.17) is 0 Å². The maximum Gasteiger partial charge on any atom is 0.335 e. The molecule has 0 aliphatic heterocycles. The van der Waals surface area contributed by atoms with E-state index in [-0.39, 0.29) is 16.7 Å². The predicted octanol–water partition coefficient (Wildman–Crippen LogP) is 5.91. The van der Waals surface area contributed by atoms with Crippen molar-refractivity contribution in [2.75, 3.05) is 0 Å². The Morgan fingerprint density at radius 1 is 0.405 bits per heavy atom. The van der Waals surface area contributed by atoms with E-state index in [1.807, 2.05) is 20.8 Å². The summed E-state index contributed by atoms with van der Waals surface area (Å²) in [4.78, 5) is 33.6. The van der Waals surface area contributed by atoms with Gasteiger partial charge in [0.05, 0.1) is 16.7 Å². The third-order valence-corrected chi connectivity index (χ3v) is 6.64. The van der Waals surface area contributed by atoms with Crippen molar-refractivity contribution >= 4 is 17.9 Å². The quantitative estimate of drug-likeness (QED) is 0.273. The second kappa shape index (κ2) is 12.4. The van der Waals surface area contributed by atoms with Crippen LogP contribution in [-0.4, -0.2) is 33.2 Å². The Labute approximate surface area is 243 Å². The lowest BCUT2D eigenvalue weighted by molar-refractivity contribution is 0.0686. The van der Waals surface area contributed by atoms with E-state index in [1.54, 1.807) is 36.4 Å². The highest BCUT2D eigenvalue weighted by atomic mass is 16.4. The summed E-state index contributed by atoms with van der Waals surface area (Å²) in [6, 6.07) is 18.9. The minimum atomic E-state index is -1.01. The fourth-order valence-electron chi connectivity index (χ4n) is 4.27. The number of rotatable bonds is 3. The van der Waals surface area contributed by atoms with Crippen molar-refractivity contribution in [3.63, 3.8) is 0 Å². The molecule has 0 unspecified atom stereocenters. The molecule has 4 aromatic carbocycles. The van der Waals surface area contributed by atoms with E-state index < -0.39 is 17.9 Å². The van der Waals surface area contributed by atoms with Crippen LogP contribution in [0.4, 0.5) is 0 Å². The van der Waals surface area contributed by atoms with E-state index in [0.29, 0.717) is 16.7 Å². The van der Waals surface area contributed by atoms with Crippen LogP contribution in [0.5, 0.6) is 0 Å². The molecular formula is C36H24O6. The van der Waals surface area contributed by atoms with Crippen molar-refractivity contribution in [2.24, 2.45) is 0 Å². The molecule has 0 saturated carbocycles. The molecule has 0 aliphatic rings. The third-order valence-electron chi connectivity index (χ3n) is 6.64. The van der Waals surface area contributed by atoms with Crippen LogP contribution in [0.3, 0.4) is 0 Å². The van der Waals surface area contributed by atoms with E-state index in [1.165, 1.54) is 36.4 Å². The van der Waals surface area contributed by atoms with Gasteiger partial charge in [0.2, 0.25) is 0 Å². The lowest BCUT2D eigenvalue weighted by Crippen LogP contribution is -2.02. The Balaban J connectivity index is 1.84. The first-order chi connectivity index (χ1) is 20.0. The molecule has 6 heteroatoms. The van der Waals surface area contributed by atoms with Crippen molar-refractivity contribution < 1.29 is 29.7 Å². The number of benzene rings is 4. The van der Waals surface area contributed by atoms with Gasteiger partial charge in [-0.05, 0) is 110 Å². The number of carboxylic acids is 3. The summed E-state index contributed by atoms with van der Waals surface area (Å²) in [7, 11) is 0. The zero-order valence-electron chi connectivity index (χ0n) is 23.0. The van der Waals surface area contributed by atoms with E-state index >= 15 is 0 Å². The highest BCUT2D eigenvalue weighted by Gasteiger charge is 2.14. The van der Waals surface area contributed by atoms with Crippen molar-refractivity contribution in [2.45, 2.75) is 20.8 Å². The van der Waals surface area contributed by atoms with Crippen LogP contribution in [-0.2, 0) is 0 Å². The van der Waals surface area contributed by atoms with E-state index in [9.17, 15) is 29.7 Å². The molecule has 0 spiro atoms. The Kier molecular flexibility index (Phi) is 8.57. The lowest BCUT2D eigenvalue weighted by Gasteiger charge is -2.14. The number of hydrogen-bond donors (Lipinski definition) is 3. The van der Waals surface area contributed by atoms with Crippen LogP contribution in [0.1, 0.15) is 81.1 Å². The normalized spacial score (nSPS) is 9.79. The Morgan fingerprint density at radius 3 is 0.810 bits per heavy atom. The molecule has 4 rings (SSSR count). The van der Waals surface area contributed by atoms with Crippen LogP contribution >= 0.6 is 0 Å². The van der Waals surface area contributed by atoms with Gasteiger partial charge < -0.3 is 15.3 Å². The summed E-state index contributed by atoms with van der Waals surface area (Å²) >= 11 is 0. The Hall–Kier alpha value is -6.03. The maximum absolute atomic E-state index is 11.2. The first-order valence-corrected chi connectivity index (χ1v) is 12.7. The molecule has 0 bridgehead atoms. The number of aromatic carboxylic acids is 3. The first kappa shape index (κ1) is 29.0. The van der Waals surface area contributed by atoms with Gasteiger partial charge >= 0.3 is 17.9 Å². The van der Waals surface area contributed by atoms with Gasteiger partial charge in [-0.2, -0.15) is 0 Å². The van der Waals surface area contributed by atoms with Crippen LogP contribution in [0.15, 0.2) is 72.8 Å². The third kappa shape index (κ3) is 6.57. The van der Waals surface area contributed by atoms with Gasteiger partial charge in [-0.15, -0.1) is 0 Å². The van der Waals surface area contributed by atoms with Gasteiger partial charge in [0.15, 0.2) is 0 Å². The van der Waals surface area contributed by atoms with Gasteiger partial charge in [-0.1, -0.05) is 35.5 Å². The zero-order chi connectivity index (χ0) is 30.4. The van der Waals surface area contributed by atoms with Crippen LogP contribution in [0.25, 0.3) is 0 Å². The molecule has 0 aliphatic carbocycles. The lowest BCUT2D eigenvalue weighted by atomic mass is 9.88. The second-order valence-electron chi connectivity index (χ2n) is 9.40.